The second-order valence-corrected chi connectivity index (χ2v) is 5.45. The molecule has 0 saturated carbocycles. The monoisotopic (exact) mass is 340 g/mol. The van der Waals surface area contributed by atoms with Gasteiger partial charge in [-0.3, -0.25) is 11.3 Å². The molecular formula is C15H15BrF2N2. The van der Waals surface area contributed by atoms with Gasteiger partial charge in [0.05, 0.1) is 0 Å². The Labute approximate surface area is 125 Å². The van der Waals surface area contributed by atoms with Crippen molar-refractivity contribution in [3.63, 3.8) is 0 Å². The van der Waals surface area contributed by atoms with Gasteiger partial charge in [-0.2, -0.15) is 0 Å². The molecule has 0 aliphatic rings. The largest absolute Gasteiger partial charge is 0.271 e. The Hall–Kier alpha value is -1.30. The van der Waals surface area contributed by atoms with Crippen LogP contribution in [0.5, 0.6) is 0 Å². The lowest BCUT2D eigenvalue weighted by molar-refractivity contribution is 0.502. The van der Waals surface area contributed by atoms with Crippen LogP contribution in [0.4, 0.5) is 8.78 Å². The molecule has 2 aromatic carbocycles. The van der Waals surface area contributed by atoms with Crippen LogP contribution in [0.1, 0.15) is 11.1 Å². The fourth-order valence-electron chi connectivity index (χ4n) is 2.07. The molecule has 1 atom stereocenters. The summed E-state index contributed by atoms with van der Waals surface area (Å²) in [6, 6.07) is 11.3. The van der Waals surface area contributed by atoms with E-state index in [2.05, 4.69) is 21.4 Å². The van der Waals surface area contributed by atoms with Gasteiger partial charge in [-0.15, -0.1) is 0 Å². The zero-order chi connectivity index (χ0) is 14.5. The van der Waals surface area contributed by atoms with E-state index in [9.17, 15) is 8.78 Å². The molecule has 5 heteroatoms. The molecule has 0 saturated heterocycles. The highest BCUT2D eigenvalue weighted by atomic mass is 79.9. The van der Waals surface area contributed by atoms with Gasteiger partial charge in [0.25, 0.3) is 0 Å². The van der Waals surface area contributed by atoms with Crippen molar-refractivity contribution in [1.29, 1.82) is 0 Å². The van der Waals surface area contributed by atoms with Gasteiger partial charge in [0.15, 0.2) is 0 Å². The van der Waals surface area contributed by atoms with Crippen molar-refractivity contribution in [2.45, 2.75) is 18.9 Å². The summed E-state index contributed by atoms with van der Waals surface area (Å²) < 4.78 is 27.5. The average molecular weight is 341 g/mol. The summed E-state index contributed by atoms with van der Waals surface area (Å²) in [5, 5.41) is 0. The van der Waals surface area contributed by atoms with Crippen LogP contribution in [0.2, 0.25) is 0 Å². The highest BCUT2D eigenvalue weighted by molar-refractivity contribution is 9.10. The van der Waals surface area contributed by atoms with Crippen molar-refractivity contribution >= 4 is 15.9 Å². The number of hydrogen-bond acceptors (Lipinski definition) is 2. The molecule has 1 unspecified atom stereocenters. The van der Waals surface area contributed by atoms with E-state index >= 15 is 0 Å². The molecule has 0 aliphatic heterocycles. The summed E-state index contributed by atoms with van der Waals surface area (Å²) in [5.74, 6) is 4.42. The number of benzene rings is 2. The van der Waals surface area contributed by atoms with Crippen LogP contribution in [0.25, 0.3) is 0 Å². The molecule has 0 radical (unpaired) electrons. The molecule has 0 aliphatic carbocycles. The van der Waals surface area contributed by atoms with Crippen LogP contribution in [0, 0.1) is 11.6 Å². The van der Waals surface area contributed by atoms with Gasteiger partial charge in [-0.05, 0) is 36.1 Å². The third-order valence-electron chi connectivity index (χ3n) is 3.14. The first-order valence-corrected chi connectivity index (χ1v) is 7.03. The first kappa shape index (κ1) is 15.1. The van der Waals surface area contributed by atoms with Crippen molar-refractivity contribution in [3.05, 3.63) is 69.7 Å². The number of rotatable bonds is 5. The van der Waals surface area contributed by atoms with Crippen molar-refractivity contribution < 1.29 is 8.78 Å². The number of hydrazine groups is 1. The van der Waals surface area contributed by atoms with Crippen molar-refractivity contribution in [2.75, 3.05) is 0 Å². The number of halogens is 3. The molecular weight excluding hydrogens is 326 g/mol. The molecule has 2 rings (SSSR count). The molecule has 106 valence electrons. The molecule has 20 heavy (non-hydrogen) atoms. The maximum absolute atomic E-state index is 13.6. The van der Waals surface area contributed by atoms with E-state index in [-0.39, 0.29) is 6.04 Å². The molecule has 3 N–H and O–H groups in total. The quantitative estimate of drug-likeness (QED) is 0.647. The van der Waals surface area contributed by atoms with Crippen LogP contribution in [-0.4, -0.2) is 6.04 Å². The summed E-state index contributed by atoms with van der Waals surface area (Å²) in [7, 11) is 0. The molecule has 0 heterocycles. The van der Waals surface area contributed by atoms with Gasteiger partial charge >= 0.3 is 0 Å². The topological polar surface area (TPSA) is 38.0 Å². The lowest BCUT2D eigenvalue weighted by Gasteiger charge is -2.17. The number of nitrogens with one attached hydrogen (secondary N) is 1. The third kappa shape index (κ3) is 3.85. The maximum Gasteiger partial charge on any atom is 0.129 e. The van der Waals surface area contributed by atoms with Crippen LogP contribution in [-0.2, 0) is 12.8 Å². The standard InChI is InChI=1S/C15H15BrF2N2/c16-14-4-2-1-3-10(14)7-13(20-19)8-11-5-6-12(17)9-15(11)18/h1-6,9,13,20H,7-8,19H2. The first-order valence-electron chi connectivity index (χ1n) is 6.23. The fraction of sp³-hybridized carbons (Fsp3) is 0.200. The lowest BCUT2D eigenvalue weighted by atomic mass is 9.99. The van der Waals surface area contributed by atoms with E-state index in [1.165, 1.54) is 12.1 Å². The minimum absolute atomic E-state index is 0.131. The maximum atomic E-state index is 13.6. The normalized spacial score (nSPS) is 12.4. The summed E-state index contributed by atoms with van der Waals surface area (Å²) in [6.45, 7) is 0. The van der Waals surface area contributed by atoms with Gasteiger partial charge in [-0.1, -0.05) is 40.2 Å². The Balaban J connectivity index is 2.11. The van der Waals surface area contributed by atoms with Crippen molar-refractivity contribution in [2.24, 2.45) is 5.84 Å². The van der Waals surface area contributed by atoms with Gasteiger partial charge < -0.3 is 0 Å². The van der Waals surface area contributed by atoms with E-state index in [4.69, 9.17) is 5.84 Å². The zero-order valence-corrected chi connectivity index (χ0v) is 12.3. The summed E-state index contributed by atoms with van der Waals surface area (Å²) >= 11 is 3.47. The summed E-state index contributed by atoms with van der Waals surface area (Å²) in [4.78, 5) is 0. The molecule has 0 bridgehead atoms. The lowest BCUT2D eigenvalue weighted by Crippen LogP contribution is -2.38. The molecule has 0 aromatic heterocycles. The van der Waals surface area contributed by atoms with Crippen LogP contribution in [0.15, 0.2) is 46.9 Å². The van der Waals surface area contributed by atoms with Crippen LogP contribution >= 0.6 is 15.9 Å². The van der Waals surface area contributed by atoms with E-state index in [1.54, 1.807) is 0 Å². The average Bonchev–Trinajstić information content (AvgIpc) is 2.43. The highest BCUT2D eigenvalue weighted by Crippen LogP contribution is 2.19. The smallest absolute Gasteiger partial charge is 0.129 e. The molecule has 0 amide bonds. The van der Waals surface area contributed by atoms with Gasteiger partial charge in [0, 0.05) is 16.6 Å². The van der Waals surface area contributed by atoms with E-state index in [1.807, 2.05) is 24.3 Å². The van der Waals surface area contributed by atoms with Gasteiger partial charge in [0.2, 0.25) is 0 Å². The molecule has 0 fully saturated rings. The van der Waals surface area contributed by atoms with Gasteiger partial charge in [-0.25, -0.2) is 8.78 Å². The predicted molar refractivity (Wildman–Crippen MR) is 79.0 cm³/mol. The number of hydrogen-bond donors (Lipinski definition) is 2. The van der Waals surface area contributed by atoms with E-state index in [0.717, 1.165) is 16.1 Å². The Kier molecular flexibility index (Phi) is 5.23. The second kappa shape index (κ2) is 6.92. The molecule has 2 aromatic rings. The minimum Gasteiger partial charge on any atom is -0.271 e. The zero-order valence-electron chi connectivity index (χ0n) is 10.7. The first-order chi connectivity index (χ1) is 9.60. The summed E-state index contributed by atoms with van der Waals surface area (Å²) in [6.07, 6.45) is 1.04. The van der Waals surface area contributed by atoms with E-state index < -0.39 is 11.6 Å². The Morgan fingerprint density at radius 3 is 2.40 bits per heavy atom. The SMILES string of the molecule is NNC(Cc1ccc(F)cc1F)Cc1ccccc1Br. The third-order valence-corrected chi connectivity index (χ3v) is 3.91. The van der Waals surface area contributed by atoms with Crippen LogP contribution < -0.4 is 11.3 Å². The minimum atomic E-state index is -0.575. The Morgan fingerprint density at radius 2 is 1.75 bits per heavy atom. The second-order valence-electron chi connectivity index (χ2n) is 4.60. The predicted octanol–water partition coefficient (Wildman–Crippen LogP) is 3.34. The fourth-order valence-corrected chi connectivity index (χ4v) is 2.52. The van der Waals surface area contributed by atoms with E-state index in [0.29, 0.717) is 18.4 Å². The van der Waals surface area contributed by atoms with Crippen molar-refractivity contribution in [3.8, 4) is 0 Å². The Morgan fingerprint density at radius 1 is 1.05 bits per heavy atom. The Bertz CT molecular complexity index is 590. The molecule has 0 spiro atoms. The molecule has 2 nitrogen and oxygen atoms in total. The van der Waals surface area contributed by atoms with Crippen LogP contribution in [0.3, 0.4) is 0 Å². The number of nitrogens with two attached hydrogens (primary N) is 1. The van der Waals surface area contributed by atoms with Gasteiger partial charge in [0.1, 0.15) is 11.6 Å². The summed E-state index contributed by atoms with van der Waals surface area (Å²) in [5.41, 5.74) is 4.21. The van der Waals surface area contributed by atoms with Crippen molar-refractivity contribution in [1.82, 2.24) is 5.43 Å². The highest BCUT2D eigenvalue weighted by Gasteiger charge is 2.13.